The van der Waals surface area contributed by atoms with Gasteiger partial charge in [-0.1, -0.05) is 26.2 Å². The van der Waals surface area contributed by atoms with Gasteiger partial charge < -0.3 is 4.74 Å². The molecule has 1 aromatic rings. The van der Waals surface area contributed by atoms with Crippen molar-refractivity contribution in [3.63, 3.8) is 0 Å². The molecule has 0 radical (unpaired) electrons. The van der Waals surface area contributed by atoms with Crippen LogP contribution in [0.2, 0.25) is 0 Å². The molecular weight excluding hydrogens is 264 g/mol. The Kier molecular flexibility index (Phi) is 6.25. The Morgan fingerprint density at radius 3 is 2.67 bits per heavy atom. The first-order valence-electron chi connectivity index (χ1n) is 7.85. The topological polar surface area (TPSA) is 50.7 Å². The highest BCUT2D eigenvalue weighted by Crippen LogP contribution is 2.23. The molecule has 0 saturated heterocycles. The zero-order chi connectivity index (χ0) is 14.9. The first kappa shape index (κ1) is 15.5. The Morgan fingerprint density at radius 2 is 2.00 bits per heavy atom. The van der Waals surface area contributed by atoms with Crippen molar-refractivity contribution in [2.45, 2.75) is 45.4 Å². The van der Waals surface area contributed by atoms with Crippen molar-refractivity contribution >= 4 is 12.1 Å². The molecule has 1 aromatic carbocycles. The minimum atomic E-state index is 0.0499. The summed E-state index contributed by atoms with van der Waals surface area (Å²) >= 11 is 0. The van der Waals surface area contributed by atoms with E-state index in [1.165, 1.54) is 6.42 Å². The average Bonchev–Trinajstić information content (AvgIpc) is 2.55. The number of benzene rings is 1. The Bertz CT molecular complexity index is 462. The monoisotopic (exact) mass is 288 g/mol. The van der Waals surface area contributed by atoms with E-state index in [1.54, 1.807) is 6.21 Å². The van der Waals surface area contributed by atoms with Crippen LogP contribution in [0.4, 0.5) is 0 Å². The van der Waals surface area contributed by atoms with Gasteiger partial charge in [0.25, 0.3) is 0 Å². The zero-order valence-corrected chi connectivity index (χ0v) is 12.7. The average molecular weight is 288 g/mol. The SMILES string of the molecule is CCCOc1ccc(/C=N/NC(=O)C2CCCCC2)cc1. The van der Waals surface area contributed by atoms with Crippen LogP contribution in [0.3, 0.4) is 0 Å². The molecule has 0 spiro atoms. The summed E-state index contributed by atoms with van der Waals surface area (Å²) in [6, 6.07) is 7.70. The second kappa shape index (κ2) is 8.45. The molecule has 21 heavy (non-hydrogen) atoms. The van der Waals surface area contributed by atoms with E-state index in [1.807, 2.05) is 24.3 Å². The van der Waals surface area contributed by atoms with Crippen LogP contribution >= 0.6 is 0 Å². The number of nitrogens with one attached hydrogen (secondary N) is 1. The summed E-state index contributed by atoms with van der Waals surface area (Å²) in [6.45, 7) is 2.81. The maximum absolute atomic E-state index is 11.9. The minimum Gasteiger partial charge on any atom is -0.494 e. The fourth-order valence-electron chi connectivity index (χ4n) is 2.50. The van der Waals surface area contributed by atoms with Gasteiger partial charge in [-0.25, -0.2) is 5.43 Å². The minimum absolute atomic E-state index is 0.0499. The molecule has 2 rings (SSSR count). The van der Waals surface area contributed by atoms with Crippen molar-refractivity contribution in [1.29, 1.82) is 0 Å². The highest BCUT2D eigenvalue weighted by atomic mass is 16.5. The maximum Gasteiger partial charge on any atom is 0.243 e. The second-order valence-corrected chi connectivity index (χ2v) is 5.49. The molecule has 0 bridgehead atoms. The fraction of sp³-hybridized carbons (Fsp3) is 0.529. The lowest BCUT2D eigenvalue weighted by Crippen LogP contribution is -2.28. The molecule has 0 heterocycles. The summed E-state index contributed by atoms with van der Waals surface area (Å²) in [4.78, 5) is 11.9. The lowest BCUT2D eigenvalue weighted by atomic mass is 9.89. The highest BCUT2D eigenvalue weighted by Gasteiger charge is 2.20. The molecular formula is C17H24N2O2. The van der Waals surface area contributed by atoms with Crippen LogP contribution in [0, 0.1) is 5.92 Å². The second-order valence-electron chi connectivity index (χ2n) is 5.49. The number of amides is 1. The molecule has 1 amide bonds. The van der Waals surface area contributed by atoms with Crippen LogP contribution in [0.5, 0.6) is 5.75 Å². The van der Waals surface area contributed by atoms with Crippen LogP contribution in [-0.4, -0.2) is 18.7 Å². The molecule has 0 unspecified atom stereocenters. The first-order valence-corrected chi connectivity index (χ1v) is 7.85. The van der Waals surface area contributed by atoms with Gasteiger partial charge in [-0.2, -0.15) is 5.10 Å². The number of nitrogens with zero attached hydrogens (tertiary/aromatic N) is 1. The highest BCUT2D eigenvalue weighted by molar-refractivity contribution is 5.83. The number of carbonyl (C=O) groups excluding carboxylic acids is 1. The summed E-state index contributed by atoms with van der Waals surface area (Å²) < 4.78 is 5.52. The Labute approximate surface area is 126 Å². The van der Waals surface area contributed by atoms with Gasteiger partial charge in [0.1, 0.15) is 5.75 Å². The fourth-order valence-corrected chi connectivity index (χ4v) is 2.50. The van der Waals surface area contributed by atoms with E-state index < -0.39 is 0 Å². The van der Waals surface area contributed by atoms with Gasteiger partial charge in [-0.05, 0) is 49.1 Å². The van der Waals surface area contributed by atoms with E-state index in [0.29, 0.717) is 0 Å². The van der Waals surface area contributed by atoms with Gasteiger partial charge in [0.05, 0.1) is 12.8 Å². The molecule has 1 fully saturated rings. The molecule has 1 aliphatic rings. The summed E-state index contributed by atoms with van der Waals surface area (Å²) in [6.07, 6.45) is 8.21. The smallest absolute Gasteiger partial charge is 0.243 e. The Morgan fingerprint density at radius 1 is 1.29 bits per heavy atom. The Balaban J connectivity index is 1.79. The number of hydrogen-bond donors (Lipinski definition) is 1. The van der Waals surface area contributed by atoms with E-state index in [0.717, 1.165) is 50.0 Å². The van der Waals surface area contributed by atoms with E-state index in [-0.39, 0.29) is 11.8 Å². The third-order valence-electron chi connectivity index (χ3n) is 3.72. The Hall–Kier alpha value is -1.84. The van der Waals surface area contributed by atoms with Crippen molar-refractivity contribution in [1.82, 2.24) is 5.43 Å². The van der Waals surface area contributed by atoms with Crippen molar-refractivity contribution in [2.75, 3.05) is 6.61 Å². The standard InChI is InChI=1S/C17H24N2O2/c1-2-12-21-16-10-8-14(9-11-16)13-18-19-17(20)15-6-4-3-5-7-15/h8-11,13,15H,2-7,12H2,1H3,(H,19,20)/b18-13+. The summed E-state index contributed by atoms with van der Waals surface area (Å²) in [5, 5.41) is 4.04. The summed E-state index contributed by atoms with van der Waals surface area (Å²) in [7, 11) is 0. The van der Waals surface area contributed by atoms with Crippen LogP contribution in [0.25, 0.3) is 0 Å². The number of carbonyl (C=O) groups is 1. The largest absolute Gasteiger partial charge is 0.494 e. The van der Waals surface area contributed by atoms with Gasteiger partial charge in [0.2, 0.25) is 5.91 Å². The molecule has 4 nitrogen and oxygen atoms in total. The van der Waals surface area contributed by atoms with Crippen LogP contribution in [0.1, 0.15) is 51.0 Å². The van der Waals surface area contributed by atoms with Crippen LogP contribution < -0.4 is 10.2 Å². The van der Waals surface area contributed by atoms with Crippen LogP contribution in [-0.2, 0) is 4.79 Å². The molecule has 0 aliphatic heterocycles. The van der Waals surface area contributed by atoms with E-state index >= 15 is 0 Å². The quantitative estimate of drug-likeness (QED) is 0.643. The molecule has 1 aliphatic carbocycles. The molecule has 114 valence electrons. The number of rotatable bonds is 6. The number of hydrogen-bond acceptors (Lipinski definition) is 3. The van der Waals surface area contributed by atoms with Crippen molar-refractivity contribution in [3.8, 4) is 5.75 Å². The summed E-state index contributed by atoms with van der Waals surface area (Å²) in [5.41, 5.74) is 3.60. The summed E-state index contributed by atoms with van der Waals surface area (Å²) in [5.74, 6) is 1.05. The maximum atomic E-state index is 11.9. The van der Waals surface area contributed by atoms with Crippen molar-refractivity contribution < 1.29 is 9.53 Å². The van der Waals surface area contributed by atoms with Gasteiger partial charge in [0.15, 0.2) is 0 Å². The van der Waals surface area contributed by atoms with Gasteiger partial charge in [-0.3, -0.25) is 4.79 Å². The molecule has 0 aromatic heterocycles. The predicted octanol–water partition coefficient (Wildman–Crippen LogP) is 3.51. The van der Waals surface area contributed by atoms with Crippen molar-refractivity contribution in [2.24, 2.45) is 11.0 Å². The first-order chi connectivity index (χ1) is 10.3. The number of hydrazone groups is 1. The predicted molar refractivity (Wildman–Crippen MR) is 84.5 cm³/mol. The third kappa shape index (κ3) is 5.21. The lowest BCUT2D eigenvalue weighted by Gasteiger charge is -2.19. The van der Waals surface area contributed by atoms with Crippen LogP contribution in [0.15, 0.2) is 29.4 Å². The molecule has 1 N–H and O–H groups in total. The van der Waals surface area contributed by atoms with Crippen molar-refractivity contribution in [3.05, 3.63) is 29.8 Å². The van der Waals surface area contributed by atoms with Gasteiger partial charge in [0, 0.05) is 5.92 Å². The molecule has 4 heteroatoms. The van der Waals surface area contributed by atoms with E-state index in [9.17, 15) is 4.79 Å². The molecule has 1 saturated carbocycles. The normalized spacial score (nSPS) is 16.0. The third-order valence-corrected chi connectivity index (χ3v) is 3.72. The van der Waals surface area contributed by atoms with Gasteiger partial charge >= 0.3 is 0 Å². The van der Waals surface area contributed by atoms with E-state index in [4.69, 9.17) is 4.74 Å². The van der Waals surface area contributed by atoms with Gasteiger partial charge in [-0.15, -0.1) is 0 Å². The number of ether oxygens (including phenoxy) is 1. The lowest BCUT2D eigenvalue weighted by molar-refractivity contribution is -0.125. The zero-order valence-electron chi connectivity index (χ0n) is 12.7. The molecule has 0 atom stereocenters. The van der Waals surface area contributed by atoms with E-state index in [2.05, 4.69) is 17.5 Å².